The molecule has 3 N–H and O–H groups in total. The van der Waals surface area contributed by atoms with Crippen molar-refractivity contribution in [1.29, 1.82) is 0 Å². The molecule has 1 aromatic carbocycles. The molecule has 1 aromatic heterocycles. The minimum atomic E-state index is -0.776. The van der Waals surface area contributed by atoms with E-state index in [4.69, 9.17) is 0 Å². The van der Waals surface area contributed by atoms with Gasteiger partial charge >= 0.3 is 0 Å². The number of aliphatic hydroxyl groups excluding tert-OH is 2. The highest BCUT2D eigenvalue weighted by Crippen LogP contribution is 2.35. The first-order valence-electron chi connectivity index (χ1n) is 5.74. The lowest BCUT2D eigenvalue weighted by atomic mass is 9.84. The van der Waals surface area contributed by atoms with Gasteiger partial charge in [0, 0.05) is 5.56 Å². The summed E-state index contributed by atoms with van der Waals surface area (Å²) in [5.41, 5.74) is 3.95. The molecular weight excluding hydrogens is 252 g/mol. The van der Waals surface area contributed by atoms with Crippen LogP contribution in [0.15, 0.2) is 30.7 Å². The van der Waals surface area contributed by atoms with E-state index in [-0.39, 0.29) is 12.4 Å². The highest BCUT2D eigenvalue weighted by molar-refractivity contribution is 5.85. The summed E-state index contributed by atoms with van der Waals surface area (Å²) in [5, 5.41) is 19.7. The lowest BCUT2D eigenvalue weighted by Crippen LogP contribution is -2.25. The smallest absolute Gasteiger partial charge is 0.105 e. The van der Waals surface area contributed by atoms with Crippen LogP contribution in [0.4, 0.5) is 0 Å². The lowest BCUT2D eigenvalue weighted by molar-refractivity contribution is 0.00659. The molecule has 0 saturated heterocycles. The van der Waals surface area contributed by atoms with Gasteiger partial charge in [-0.25, -0.2) is 4.98 Å². The van der Waals surface area contributed by atoms with Crippen molar-refractivity contribution < 1.29 is 10.2 Å². The molecule has 5 heteroatoms. The number of aromatic nitrogens is 2. The molecule has 2 atom stereocenters. The molecule has 18 heavy (non-hydrogen) atoms. The van der Waals surface area contributed by atoms with Gasteiger partial charge in [0.25, 0.3) is 0 Å². The van der Waals surface area contributed by atoms with E-state index in [1.54, 1.807) is 12.5 Å². The van der Waals surface area contributed by atoms with Gasteiger partial charge in [-0.1, -0.05) is 18.2 Å². The van der Waals surface area contributed by atoms with Gasteiger partial charge in [-0.15, -0.1) is 12.4 Å². The van der Waals surface area contributed by atoms with Crippen LogP contribution in [0.5, 0.6) is 0 Å². The first kappa shape index (κ1) is 13.1. The summed E-state index contributed by atoms with van der Waals surface area (Å²) in [6.07, 6.45) is 3.36. The predicted molar refractivity (Wildman–Crippen MR) is 70.6 cm³/mol. The largest absolute Gasteiger partial charge is 0.390 e. The van der Waals surface area contributed by atoms with Gasteiger partial charge in [-0.05, 0) is 24.0 Å². The zero-order valence-electron chi connectivity index (χ0n) is 9.71. The Hall–Kier alpha value is -1.36. The lowest BCUT2D eigenvalue weighted by Gasteiger charge is -2.27. The Balaban J connectivity index is 0.00000120. The SMILES string of the molecule is Cl.OC1CCc2c(-c3cnc[nH]3)cccc2C1O. The molecular formula is C13H15ClN2O2. The molecule has 4 nitrogen and oxygen atoms in total. The Morgan fingerprint density at radius 3 is 2.83 bits per heavy atom. The van der Waals surface area contributed by atoms with Gasteiger partial charge in [0.1, 0.15) is 6.10 Å². The van der Waals surface area contributed by atoms with Crippen molar-refractivity contribution in [3.05, 3.63) is 41.9 Å². The maximum absolute atomic E-state index is 9.98. The van der Waals surface area contributed by atoms with E-state index < -0.39 is 12.2 Å². The van der Waals surface area contributed by atoms with Crippen LogP contribution in [-0.2, 0) is 6.42 Å². The van der Waals surface area contributed by atoms with Gasteiger partial charge < -0.3 is 15.2 Å². The minimum Gasteiger partial charge on any atom is -0.390 e. The highest BCUT2D eigenvalue weighted by Gasteiger charge is 2.27. The van der Waals surface area contributed by atoms with E-state index in [0.717, 1.165) is 28.8 Å². The summed E-state index contributed by atoms with van der Waals surface area (Å²) in [6, 6.07) is 5.79. The van der Waals surface area contributed by atoms with Crippen molar-refractivity contribution in [2.75, 3.05) is 0 Å². The van der Waals surface area contributed by atoms with Gasteiger partial charge in [-0.3, -0.25) is 0 Å². The number of fused-ring (bicyclic) bond motifs is 1. The molecule has 1 aliphatic carbocycles. The van der Waals surface area contributed by atoms with Crippen LogP contribution >= 0.6 is 12.4 Å². The van der Waals surface area contributed by atoms with Crippen LogP contribution in [0.25, 0.3) is 11.3 Å². The molecule has 96 valence electrons. The average molecular weight is 267 g/mol. The first-order valence-corrected chi connectivity index (χ1v) is 5.74. The summed E-state index contributed by atoms with van der Waals surface area (Å²) in [6.45, 7) is 0. The van der Waals surface area contributed by atoms with E-state index >= 15 is 0 Å². The number of nitrogens with zero attached hydrogens (tertiary/aromatic N) is 1. The molecule has 2 unspecified atom stereocenters. The Morgan fingerprint density at radius 2 is 2.11 bits per heavy atom. The fourth-order valence-corrected chi connectivity index (χ4v) is 2.47. The Morgan fingerprint density at radius 1 is 1.28 bits per heavy atom. The molecule has 1 aliphatic rings. The Labute approximate surface area is 111 Å². The fraction of sp³-hybridized carbons (Fsp3) is 0.308. The fourth-order valence-electron chi connectivity index (χ4n) is 2.47. The number of H-pyrrole nitrogens is 1. The molecule has 0 amide bonds. The van der Waals surface area contributed by atoms with E-state index in [0.29, 0.717) is 6.42 Å². The van der Waals surface area contributed by atoms with E-state index in [1.165, 1.54) is 0 Å². The number of hydrogen-bond donors (Lipinski definition) is 3. The zero-order valence-corrected chi connectivity index (χ0v) is 10.5. The molecule has 0 radical (unpaired) electrons. The summed E-state index contributed by atoms with van der Waals surface area (Å²) < 4.78 is 0. The zero-order chi connectivity index (χ0) is 11.8. The standard InChI is InChI=1S/C13H14N2O2.ClH/c16-12-5-4-8-9(11-6-14-7-15-11)2-1-3-10(8)13(12)17;/h1-3,6-7,12-13,16-17H,4-5H2,(H,14,15);1H. The molecule has 0 bridgehead atoms. The van der Waals surface area contributed by atoms with Crippen molar-refractivity contribution in [3.63, 3.8) is 0 Å². The van der Waals surface area contributed by atoms with Crippen LogP contribution in [0, 0.1) is 0 Å². The summed E-state index contributed by atoms with van der Waals surface area (Å²) in [5.74, 6) is 0. The monoisotopic (exact) mass is 266 g/mol. The minimum absolute atomic E-state index is 0. The number of aromatic amines is 1. The molecule has 0 aliphatic heterocycles. The van der Waals surface area contributed by atoms with Crippen molar-refractivity contribution in [3.8, 4) is 11.3 Å². The van der Waals surface area contributed by atoms with E-state index in [1.807, 2.05) is 18.2 Å². The topological polar surface area (TPSA) is 69.1 Å². The molecule has 0 spiro atoms. The molecule has 2 aromatic rings. The number of aliphatic hydroxyl groups is 2. The highest BCUT2D eigenvalue weighted by atomic mass is 35.5. The summed E-state index contributed by atoms with van der Waals surface area (Å²) in [4.78, 5) is 7.09. The van der Waals surface area contributed by atoms with Crippen LogP contribution in [-0.4, -0.2) is 26.3 Å². The maximum atomic E-state index is 9.98. The third-order valence-corrected chi connectivity index (χ3v) is 3.37. The van der Waals surface area contributed by atoms with Gasteiger partial charge in [-0.2, -0.15) is 0 Å². The number of benzene rings is 1. The van der Waals surface area contributed by atoms with Crippen molar-refractivity contribution in [2.24, 2.45) is 0 Å². The molecule has 1 heterocycles. The van der Waals surface area contributed by atoms with Gasteiger partial charge in [0.15, 0.2) is 0 Å². The average Bonchev–Trinajstić information content (AvgIpc) is 2.87. The number of halogens is 1. The van der Waals surface area contributed by atoms with Crippen molar-refractivity contribution >= 4 is 12.4 Å². The van der Waals surface area contributed by atoms with Crippen LogP contribution in [0.2, 0.25) is 0 Å². The maximum Gasteiger partial charge on any atom is 0.105 e. The molecule has 0 fully saturated rings. The molecule has 3 rings (SSSR count). The van der Waals surface area contributed by atoms with Crippen molar-refractivity contribution in [1.82, 2.24) is 9.97 Å². The Kier molecular flexibility index (Phi) is 3.71. The predicted octanol–water partition coefficient (Wildman–Crippen LogP) is 1.84. The normalized spacial score (nSPS) is 22.1. The van der Waals surface area contributed by atoms with E-state index in [2.05, 4.69) is 9.97 Å². The number of rotatable bonds is 1. The second-order valence-electron chi connectivity index (χ2n) is 4.39. The third-order valence-electron chi connectivity index (χ3n) is 3.37. The second kappa shape index (κ2) is 5.10. The third kappa shape index (κ3) is 2.03. The van der Waals surface area contributed by atoms with Crippen molar-refractivity contribution in [2.45, 2.75) is 25.0 Å². The van der Waals surface area contributed by atoms with E-state index in [9.17, 15) is 10.2 Å². The van der Waals surface area contributed by atoms with Gasteiger partial charge in [0.2, 0.25) is 0 Å². The number of nitrogens with one attached hydrogen (secondary N) is 1. The quantitative estimate of drug-likeness (QED) is 0.738. The van der Waals surface area contributed by atoms with Crippen LogP contribution in [0.3, 0.4) is 0 Å². The number of hydrogen-bond acceptors (Lipinski definition) is 3. The summed E-state index contributed by atoms with van der Waals surface area (Å²) in [7, 11) is 0. The first-order chi connectivity index (χ1) is 8.27. The summed E-state index contributed by atoms with van der Waals surface area (Å²) >= 11 is 0. The number of imidazole rings is 1. The van der Waals surface area contributed by atoms with Crippen LogP contribution < -0.4 is 0 Å². The Bertz CT molecular complexity index is 528. The second-order valence-corrected chi connectivity index (χ2v) is 4.39. The van der Waals surface area contributed by atoms with Crippen LogP contribution in [0.1, 0.15) is 23.7 Å². The molecule has 0 saturated carbocycles. The van der Waals surface area contributed by atoms with Gasteiger partial charge in [0.05, 0.1) is 24.3 Å².